The predicted molar refractivity (Wildman–Crippen MR) is 86.2 cm³/mol. The molecule has 0 aliphatic rings. The van der Waals surface area contributed by atoms with Gasteiger partial charge in [0, 0.05) is 23.4 Å². The SMILES string of the molecule is CCCn1nccc1C(CSc1ccccc1C)NC. The second-order valence-corrected chi connectivity index (χ2v) is 5.96. The minimum absolute atomic E-state index is 0.327. The van der Waals surface area contributed by atoms with Gasteiger partial charge in [0.2, 0.25) is 0 Å². The highest BCUT2D eigenvalue weighted by Crippen LogP contribution is 2.27. The first-order valence-electron chi connectivity index (χ1n) is 7.13. The maximum absolute atomic E-state index is 4.41. The van der Waals surface area contributed by atoms with E-state index in [4.69, 9.17) is 0 Å². The predicted octanol–water partition coefficient (Wildman–Crippen LogP) is 3.65. The summed E-state index contributed by atoms with van der Waals surface area (Å²) in [5.74, 6) is 1.01. The van der Waals surface area contributed by atoms with E-state index < -0.39 is 0 Å². The van der Waals surface area contributed by atoms with Gasteiger partial charge < -0.3 is 5.32 Å². The van der Waals surface area contributed by atoms with Crippen LogP contribution in [0.15, 0.2) is 41.4 Å². The van der Waals surface area contributed by atoms with E-state index in [-0.39, 0.29) is 0 Å². The van der Waals surface area contributed by atoms with Crippen LogP contribution in [0.1, 0.15) is 30.6 Å². The number of benzene rings is 1. The van der Waals surface area contributed by atoms with Gasteiger partial charge in [0.05, 0.1) is 11.7 Å². The Labute approximate surface area is 125 Å². The molecule has 3 nitrogen and oxygen atoms in total. The molecule has 0 spiro atoms. The second kappa shape index (κ2) is 7.50. The molecule has 0 saturated heterocycles. The summed E-state index contributed by atoms with van der Waals surface area (Å²) in [7, 11) is 2.02. The molecule has 4 heteroatoms. The summed E-state index contributed by atoms with van der Waals surface area (Å²) in [5.41, 5.74) is 2.62. The largest absolute Gasteiger partial charge is 0.311 e. The van der Waals surface area contributed by atoms with Crippen molar-refractivity contribution in [3.05, 3.63) is 47.8 Å². The van der Waals surface area contributed by atoms with E-state index in [0.29, 0.717) is 6.04 Å². The van der Waals surface area contributed by atoms with E-state index in [9.17, 15) is 0 Å². The van der Waals surface area contributed by atoms with E-state index in [1.807, 2.05) is 25.0 Å². The topological polar surface area (TPSA) is 29.9 Å². The van der Waals surface area contributed by atoms with Crippen LogP contribution in [-0.2, 0) is 6.54 Å². The molecule has 0 aliphatic carbocycles. The second-order valence-electron chi connectivity index (χ2n) is 4.90. The highest BCUT2D eigenvalue weighted by molar-refractivity contribution is 7.99. The van der Waals surface area contributed by atoms with Crippen LogP contribution in [0.3, 0.4) is 0 Å². The lowest BCUT2D eigenvalue weighted by atomic mass is 10.2. The van der Waals surface area contributed by atoms with Gasteiger partial charge in [0.15, 0.2) is 0 Å². The average molecular weight is 289 g/mol. The molecule has 1 N–H and O–H groups in total. The Morgan fingerprint density at radius 2 is 2.10 bits per heavy atom. The van der Waals surface area contributed by atoms with Gasteiger partial charge in [0.25, 0.3) is 0 Å². The molecule has 108 valence electrons. The molecule has 0 saturated carbocycles. The van der Waals surface area contributed by atoms with Crippen LogP contribution in [0.2, 0.25) is 0 Å². The number of nitrogens with zero attached hydrogens (tertiary/aromatic N) is 2. The van der Waals surface area contributed by atoms with Gasteiger partial charge in [-0.3, -0.25) is 4.68 Å². The van der Waals surface area contributed by atoms with Gasteiger partial charge in [-0.25, -0.2) is 0 Å². The molecule has 20 heavy (non-hydrogen) atoms. The lowest BCUT2D eigenvalue weighted by molar-refractivity contribution is 0.524. The number of thioether (sulfide) groups is 1. The number of nitrogens with one attached hydrogen (secondary N) is 1. The van der Waals surface area contributed by atoms with Crippen LogP contribution < -0.4 is 5.32 Å². The number of rotatable bonds is 7. The fourth-order valence-electron chi connectivity index (χ4n) is 2.25. The molecule has 2 rings (SSSR count). The number of hydrogen-bond acceptors (Lipinski definition) is 3. The first-order chi connectivity index (χ1) is 9.76. The fourth-order valence-corrected chi connectivity index (χ4v) is 3.40. The summed E-state index contributed by atoms with van der Waals surface area (Å²) in [6.45, 7) is 5.33. The highest BCUT2D eigenvalue weighted by atomic mass is 32.2. The summed E-state index contributed by atoms with van der Waals surface area (Å²) in [6.07, 6.45) is 3.00. The van der Waals surface area contributed by atoms with Crippen molar-refractivity contribution in [2.75, 3.05) is 12.8 Å². The molecule has 0 radical (unpaired) electrons. The van der Waals surface area contributed by atoms with Crippen LogP contribution in [0.25, 0.3) is 0 Å². The zero-order chi connectivity index (χ0) is 14.4. The Kier molecular flexibility index (Phi) is 5.68. The van der Waals surface area contributed by atoms with Crippen LogP contribution in [0.5, 0.6) is 0 Å². The third kappa shape index (κ3) is 3.64. The Morgan fingerprint density at radius 3 is 2.80 bits per heavy atom. The zero-order valence-electron chi connectivity index (χ0n) is 12.5. The zero-order valence-corrected chi connectivity index (χ0v) is 13.3. The van der Waals surface area contributed by atoms with Crippen molar-refractivity contribution in [3.8, 4) is 0 Å². The Morgan fingerprint density at radius 1 is 1.30 bits per heavy atom. The van der Waals surface area contributed by atoms with E-state index >= 15 is 0 Å². The summed E-state index contributed by atoms with van der Waals surface area (Å²) >= 11 is 1.90. The fraction of sp³-hybridized carbons (Fsp3) is 0.438. The van der Waals surface area contributed by atoms with Gasteiger partial charge in [-0.15, -0.1) is 11.8 Å². The first kappa shape index (κ1) is 15.1. The number of aryl methyl sites for hydroxylation is 2. The van der Waals surface area contributed by atoms with Crippen molar-refractivity contribution >= 4 is 11.8 Å². The van der Waals surface area contributed by atoms with Crippen LogP contribution in [0, 0.1) is 6.92 Å². The summed E-state index contributed by atoms with van der Waals surface area (Å²) < 4.78 is 2.11. The monoisotopic (exact) mass is 289 g/mol. The molecule has 0 aliphatic heterocycles. The Hall–Kier alpha value is -1.26. The molecule has 1 unspecified atom stereocenters. The lowest BCUT2D eigenvalue weighted by Gasteiger charge is -2.18. The third-order valence-electron chi connectivity index (χ3n) is 3.39. The van der Waals surface area contributed by atoms with Crippen LogP contribution in [-0.4, -0.2) is 22.6 Å². The maximum atomic E-state index is 4.41. The molecule has 1 heterocycles. The minimum atomic E-state index is 0.327. The van der Waals surface area contributed by atoms with E-state index in [1.54, 1.807) is 0 Å². The molecule has 0 amide bonds. The quantitative estimate of drug-likeness (QED) is 0.789. The third-order valence-corrected chi connectivity index (χ3v) is 4.66. The molecular formula is C16H23N3S. The number of hydrogen-bond donors (Lipinski definition) is 1. The lowest BCUT2D eigenvalue weighted by Crippen LogP contribution is -2.22. The van der Waals surface area contributed by atoms with Crippen molar-refractivity contribution in [1.82, 2.24) is 15.1 Å². The summed E-state index contributed by atoms with van der Waals surface area (Å²) in [4.78, 5) is 1.36. The molecule has 2 aromatic rings. The van der Waals surface area contributed by atoms with Crippen molar-refractivity contribution < 1.29 is 0 Å². The molecular weight excluding hydrogens is 266 g/mol. The maximum Gasteiger partial charge on any atom is 0.0584 e. The highest BCUT2D eigenvalue weighted by Gasteiger charge is 2.14. The van der Waals surface area contributed by atoms with E-state index in [0.717, 1.165) is 18.7 Å². The normalized spacial score (nSPS) is 12.6. The van der Waals surface area contributed by atoms with Crippen molar-refractivity contribution in [2.24, 2.45) is 0 Å². The molecule has 1 aromatic carbocycles. The van der Waals surface area contributed by atoms with Crippen LogP contribution >= 0.6 is 11.8 Å². The molecule has 1 aromatic heterocycles. The van der Waals surface area contributed by atoms with Crippen molar-refractivity contribution in [1.29, 1.82) is 0 Å². The number of aromatic nitrogens is 2. The Balaban J connectivity index is 2.06. The van der Waals surface area contributed by atoms with Gasteiger partial charge in [-0.1, -0.05) is 25.1 Å². The average Bonchev–Trinajstić information content (AvgIpc) is 2.90. The van der Waals surface area contributed by atoms with Crippen LogP contribution in [0.4, 0.5) is 0 Å². The minimum Gasteiger partial charge on any atom is -0.311 e. The van der Waals surface area contributed by atoms with Crippen molar-refractivity contribution in [2.45, 2.75) is 37.8 Å². The molecule has 0 fully saturated rings. The molecule has 0 bridgehead atoms. The standard InChI is InChI=1S/C16H23N3S/c1-4-11-19-15(9-10-18-19)14(17-3)12-20-16-8-6-5-7-13(16)2/h5-10,14,17H,4,11-12H2,1-3H3. The van der Waals surface area contributed by atoms with Gasteiger partial charge >= 0.3 is 0 Å². The van der Waals surface area contributed by atoms with E-state index in [1.165, 1.54) is 16.2 Å². The first-order valence-corrected chi connectivity index (χ1v) is 8.12. The Bertz CT molecular complexity index is 536. The van der Waals surface area contributed by atoms with Gasteiger partial charge in [-0.05, 0) is 38.1 Å². The smallest absolute Gasteiger partial charge is 0.0584 e. The summed E-state index contributed by atoms with van der Waals surface area (Å²) in [5, 5.41) is 7.83. The van der Waals surface area contributed by atoms with Gasteiger partial charge in [0.1, 0.15) is 0 Å². The van der Waals surface area contributed by atoms with E-state index in [2.05, 4.69) is 59.3 Å². The van der Waals surface area contributed by atoms with Crippen molar-refractivity contribution in [3.63, 3.8) is 0 Å². The summed E-state index contributed by atoms with van der Waals surface area (Å²) in [6, 6.07) is 11.0. The molecule has 1 atom stereocenters. The van der Waals surface area contributed by atoms with Gasteiger partial charge in [-0.2, -0.15) is 5.10 Å².